The first-order valence-electron chi connectivity index (χ1n) is 46.9. The highest BCUT2D eigenvalue weighted by Crippen LogP contribution is 2.59. The summed E-state index contributed by atoms with van der Waals surface area (Å²) in [6.45, 7) is 32.7. The second-order valence-electron chi connectivity index (χ2n) is 40.4. The molecule has 0 saturated heterocycles. The van der Waals surface area contributed by atoms with Crippen molar-refractivity contribution < 1.29 is 92.6 Å². The summed E-state index contributed by atoms with van der Waals surface area (Å²) in [5.41, 5.74) is 6.17. The lowest BCUT2D eigenvalue weighted by atomic mass is 9.80. The molecule has 716 valence electrons. The van der Waals surface area contributed by atoms with Gasteiger partial charge in [-0.2, -0.15) is 0 Å². The normalized spacial score (nSPS) is 14.1. The molecule has 0 radical (unpaired) electrons. The van der Waals surface area contributed by atoms with Gasteiger partial charge >= 0.3 is 17.6 Å². The van der Waals surface area contributed by atoms with Gasteiger partial charge in [0.2, 0.25) is 11.8 Å². The Bertz CT molecular complexity index is 6520. The van der Waals surface area contributed by atoms with Crippen molar-refractivity contribution in [2.45, 2.75) is 169 Å². The van der Waals surface area contributed by atoms with Crippen LogP contribution in [0.4, 0.5) is 0 Å². The number of fused-ring (bicyclic) bond motifs is 8. The number of amides is 6. The number of para-hydroxylation sites is 2. The molecule has 2 aliphatic rings. The summed E-state index contributed by atoms with van der Waals surface area (Å²) in [6.07, 6.45) is -0.480. The minimum absolute atomic E-state index is 0.0110. The Morgan fingerprint density at radius 2 is 0.587 bits per heavy atom. The third-order valence-corrected chi connectivity index (χ3v) is 31.7. The van der Waals surface area contributed by atoms with Crippen molar-refractivity contribution in [3.63, 3.8) is 0 Å². The fraction of sp³-hybridized carbons (Fsp3) is 0.339. The lowest BCUT2D eigenvalue weighted by molar-refractivity contribution is -0.138. The molecule has 0 N–H and O–H groups in total. The van der Waals surface area contributed by atoms with Gasteiger partial charge in [-0.3, -0.25) is 38.6 Å². The van der Waals surface area contributed by atoms with Crippen LogP contribution in [0.5, 0.6) is 46.0 Å². The molecule has 2 aromatic heterocycles. The largest absolute Gasteiger partial charge is 0.527 e. The number of carbonyl (C=O) groups is 6. The van der Waals surface area contributed by atoms with Crippen molar-refractivity contribution in [3.8, 4) is 46.0 Å². The molecule has 24 nitrogen and oxygen atoms in total. The molecule has 6 amide bonds. The molecule has 0 aliphatic carbocycles. The number of imide groups is 2. The van der Waals surface area contributed by atoms with Gasteiger partial charge in [-0.05, 0) is 192 Å². The molecular formula is C112H120N4O20Si2. The van der Waals surface area contributed by atoms with E-state index in [1.54, 1.807) is 34.1 Å². The Labute approximate surface area is 806 Å². The van der Waals surface area contributed by atoms with E-state index in [9.17, 15) is 0 Å². The predicted molar refractivity (Wildman–Crippen MR) is 541 cm³/mol. The van der Waals surface area contributed by atoms with E-state index < -0.39 is 77.2 Å². The highest BCUT2D eigenvalue weighted by Gasteiger charge is 2.49. The van der Waals surface area contributed by atoms with Crippen LogP contribution in [0.25, 0.3) is 87.0 Å². The number of nitrogens with zero attached hydrogens (tertiary/aromatic N) is 4. The summed E-state index contributed by atoms with van der Waals surface area (Å²) in [6, 6.07) is 59.5. The number of carbonyl (C=O) groups excluding carboxylic acids is 6. The maximum absolute atomic E-state index is 17.5. The lowest BCUT2D eigenvalue weighted by Crippen LogP contribution is -2.57. The van der Waals surface area contributed by atoms with Crippen LogP contribution < -0.4 is 18.9 Å². The first-order chi connectivity index (χ1) is 65.7. The van der Waals surface area contributed by atoms with Gasteiger partial charge in [0.25, 0.3) is 23.6 Å². The molecule has 26 heteroatoms. The van der Waals surface area contributed by atoms with E-state index in [1.165, 1.54) is 42.7 Å². The van der Waals surface area contributed by atoms with E-state index in [1.807, 2.05) is 210 Å². The predicted octanol–water partition coefficient (Wildman–Crippen LogP) is 23.7. The average molecular weight is 1900 g/mol. The van der Waals surface area contributed by atoms with Crippen molar-refractivity contribution >= 4 is 140 Å². The third kappa shape index (κ3) is 18.3. The number of furan rings is 2. The molecule has 15 aromatic rings. The van der Waals surface area contributed by atoms with Gasteiger partial charge in [-0.25, -0.2) is 0 Å². The molecule has 0 spiro atoms. The van der Waals surface area contributed by atoms with E-state index in [-0.39, 0.29) is 162 Å². The number of hydrogen-bond acceptors (Lipinski definition) is 20. The Kier molecular flexibility index (Phi) is 26.6. The van der Waals surface area contributed by atoms with Crippen LogP contribution in [-0.4, -0.2) is 178 Å². The zero-order valence-electron chi connectivity index (χ0n) is 82.5. The fourth-order valence-electron chi connectivity index (χ4n) is 19.1. The number of hydrogen-bond donors (Lipinski definition) is 0. The van der Waals surface area contributed by atoms with Crippen molar-refractivity contribution in [1.29, 1.82) is 0 Å². The maximum Gasteiger partial charge on any atom is 0.527 e. The fourth-order valence-corrected chi connectivity index (χ4v) is 21.6. The van der Waals surface area contributed by atoms with Crippen LogP contribution in [0.1, 0.15) is 186 Å². The van der Waals surface area contributed by atoms with Crippen molar-refractivity contribution in [1.82, 2.24) is 19.6 Å². The van der Waals surface area contributed by atoms with Crippen LogP contribution in [0, 0.1) is 0 Å². The van der Waals surface area contributed by atoms with E-state index in [2.05, 4.69) is 83.1 Å². The topological polar surface area (TPSA) is 252 Å². The van der Waals surface area contributed by atoms with Crippen LogP contribution >= 0.6 is 0 Å². The van der Waals surface area contributed by atoms with Crippen molar-refractivity contribution in [2.75, 3.05) is 81.4 Å². The van der Waals surface area contributed by atoms with Crippen LogP contribution in [0.2, 0.25) is 0 Å². The van der Waals surface area contributed by atoms with Gasteiger partial charge in [0.15, 0.2) is 0 Å². The minimum atomic E-state index is -3.31. The highest BCUT2D eigenvalue weighted by molar-refractivity contribution is 6.61. The van der Waals surface area contributed by atoms with E-state index in [4.69, 9.17) is 63.8 Å². The van der Waals surface area contributed by atoms with E-state index >= 15 is 28.8 Å². The molecule has 1 unspecified atom stereocenters. The Morgan fingerprint density at radius 1 is 0.326 bits per heavy atom. The summed E-state index contributed by atoms with van der Waals surface area (Å²) in [7, 11) is 2.30. The Balaban J connectivity index is 0.975. The van der Waals surface area contributed by atoms with Crippen LogP contribution in [0.3, 0.4) is 0 Å². The molecular weight excluding hydrogens is 1780 g/mol. The number of ether oxygens (including phenoxy) is 6. The molecule has 138 heavy (non-hydrogen) atoms. The van der Waals surface area contributed by atoms with Gasteiger partial charge in [0.1, 0.15) is 92.9 Å². The van der Waals surface area contributed by atoms with Crippen LogP contribution in [0.15, 0.2) is 215 Å². The second-order valence-corrected chi connectivity index (χ2v) is 46.2. The first kappa shape index (κ1) is 97.0. The molecule has 17 rings (SSSR count). The molecule has 2 atom stereocenters. The molecule has 0 saturated carbocycles. The Morgan fingerprint density at radius 3 is 0.841 bits per heavy atom. The molecule has 0 bridgehead atoms. The first-order valence-corrected chi connectivity index (χ1v) is 50.7. The minimum Gasteiger partial charge on any atom is -0.457 e. The summed E-state index contributed by atoms with van der Waals surface area (Å²) < 4.78 is 90.2. The quantitative estimate of drug-likeness (QED) is 0.0119. The van der Waals surface area contributed by atoms with Crippen molar-refractivity contribution in [2.24, 2.45) is 0 Å². The van der Waals surface area contributed by atoms with E-state index in [0.29, 0.717) is 56.5 Å². The molecule has 2 aliphatic heterocycles. The summed E-state index contributed by atoms with van der Waals surface area (Å²) in [5.74, 6) is -3.03. The van der Waals surface area contributed by atoms with Gasteiger partial charge in [0.05, 0.1) is 35.5 Å². The smallest absolute Gasteiger partial charge is 0.457 e. The summed E-state index contributed by atoms with van der Waals surface area (Å²) in [5, 5.41) is 4.93. The maximum atomic E-state index is 17.5. The standard InChI is InChI=1S/C112H120N4O20Si2/c1-65(2)113(51-53-129-63-137(123-17,124-18)125-19)107(121)85(57-67-31-49-89-79(55-67)77-27-23-25-29-87(77)135-89)115-103(117)81-59-91(131-73-41-33-69(34-42-73)109(5,6)7)97-99-93(133-75-45-37-71(38-46-75)111(11,12)13)61-83-96-84(106(120)116(105(83)119)86(58-68-32-50-90-80(56-68)78-28-24-26-30-88(78)136-90)108(122)114(66(3)4)52-54-130-64-138(126-20,127-21)128-22)62-94(134-76-47-39-72(40-48-76)112(14,15)16)100(102(96)99)98-92(60-82(104(115)118)95(81)101(97)98)132-74-43-35-70(36-44-74)110(8,9)10/h23-50,55-56,59-62,65-66,85-86H,51-54,57-58,63-64H2,1-22H3/t85-,86?/m0/s1. The zero-order valence-corrected chi connectivity index (χ0v) is 84.5. The van der Waals surface area contributed by atoms with Gasteiger partial charge < -0.3 is 73.6 Å². The molecule has 0 fully saturated rings. The van der Waals surface area contributed by atoms with Gasteiger partial charge in [-0.1, -0.05) is 180 Å². The number of benzene rings is 13. The molecule has 4 heterocycles. The number of rotatable bonds is 34. The van der Waals surface area contributed by atoms with Gasteiger partial charge in [0, 0.05) is 145 Å². The third-order valence-electron chi connectivity index (χ3n) is 26.9. The van der Waals surface area contributed by atoms with Gasteiger partial charge in [-0.15, -0.1) is 0 Å². The lowest BCUT2D eigenvalue weighted by Gasteiger charge is -2.38. The van der Waals surface area contributed by atoms with E-state index in [0.717, 1.165) is 53.6 Å². The van der Waals surface area contributed by atoms with Crippen LogP contribution in [-0.2, 0) is 80.1 Å². The average Bonchev–Trinajstić information content (AvgIpc) is 0.781. The summed E-state index contributed by atoms with van der Waals surface area (Å²) >= 11 is 0. The SMILES string of the molecule is CO[Si](COCCN(C(=O)C(Cc1ccc2oc3ccccc3c2c1)N1C(=O)c2cc(Oc3ccc(C(C)(C)C)cc3)c3c4c(Oc5ccc(C(C)(C)C)cc5)cc5c6c(cc(Oc7ccc(C(C)(C)C)cc7)c(c7c(Oc8ccc(C(C)(C)C)cc8)cc(c2c37)C1=O)c64)C(=O)N([C@@H](Cc1ccc2oc3ccccc3c2c1)C(=O)N(CCOC[Si](OC)(OC)OC)C(C)C)C5=O)C(C)C)(OC)OC. The highest BCUT2D eigenvalue weighted by atomic mass is 28.4. The molecule has 13 aromatic carbocycles. The Hall–Kier alpha value is -12.7. The van der Waals surface area contributed by atoms with Crippen molar-refractivity contribution in [3.05, 3.63) is 262 Å². The summed E-state index contributed by atoms with van der Waals surface area (Å²) in [4.78, 5) is 109. The zero-order chi connectivity index (χ0) is 98.3. The second kappa shape index (κ2) is 37.9. The monoisotopic (exact) mass is 1900 g/mol.